The van der Waals surface area contributed by atoms with E-state index in [1.807, 2.05) is 54.6 Å². The van der Waals surface area contributed by atoms with Gasteiger partial charge in [-0.05, 0) is 41.0 Å². The zero-order valence-corrected chi connectivity index (χ0v) is 16.8. The van der Waals surface area contributed by atoms with E-state index in [1.54, 1.807) is 6.92 Å². The van der Waals surface area contributed by atoms with E-state index in [2.05, 4.69) is 5.32 Å². The van der Waals surface area contributed by atoms with Crippen LogP contribution in [0.2, 0.25) is 0 Å². The Morgan fingerprint density at radius 2 is 1.62 bits per heavy atom. The topological polar surface area (TPSA) is 89.5 Å². The van der Waals surface area contributed by atoms with Crippen molar-refractivity contribution in [3.05, 3.63) is 60.2 Å². The number of fused-ring (bicyclic) bond motifs is 2. The van der Waals surface area contributed by atoms with Crippen LogP contribution in [0.15, 0.2) is 54.6 Å². The highest BCUT2D eigenvalue weighted by atomic mass is 32.2. The van der Waals surface area contributed by atoms with Crippen molar-refractivity contribution in [1.82, 2.24) is 5.32 Å². The summed E-state index contributed by atoms with van der Waals surface area (Å²) in [6.07, 6.45) is 0.350. The fraction of sp³-hybridized carbons (Fsp3) is 0.273. The maximum Gasteiger partial charge on any atom is 0.339 e. The molecule has 3 aromatic carbocycles. The molecule has 0 aromatic heterocycles. The Labute approximate surface area is 168 Å². The Morgan fingerprint density at radius 3 is 2.17 bits per heavy atom. The smallest absolute Gasteiger partial charge is 0.339 e. The molecule has 29 heavy (non-hydrogen) atoms. The number of rotatable bonds is 4. The van der Waals surface area contributed by atoms with Crippen LogP contribution >= 0.6 is 0 Å². The highest BCUT2D eigenvalue weighted by Gasteiger charge is 2.39. The summed E-state index contributed by atoms with van der Waals surface area (Å²) in [5.41, 5.74) is -0.407. The number of ether oxygens (including phenoxy) is 1. The van der Waals surface area contributed by atoms with Crippen LogP contribution in [0.1, 0.15) is 23.7 Å². The van der Waals surface area contributed by atoms with Crippen LogP contribution < -0.4 is 5.32 Å². The van der Waals surface area contributed by atoms with Crippen molar-refractivity contribution >= 4 is 43.3 Å². The summed E-state index contributed by atoms with van der Waals surface area (Å²) in [6, 6.07) is 17.1. The monoisotopic (exact) mass is 411 g/mol. The molecule has 1 fully saturated rings. The molecule has 1 amide bonds. The lowest BCUT2D eigenvalue weighted by atomic mass is 9.97. The zero-order chi connectivity index (χ0) is 20.6. The van der Waals surface area contributed by atoms with Crippen molar-refractivity contribution in [2.75, 3.05) is 18.1 Å². The summed E-state index contributed by atoms with van der Waals surface area (Å²) < 4.78 is 28.7. The van der Waals surface area contributed by atoms with Crippen molar-refractivity contribution in [1.29, 1.82) is 0 Å². The average molecular weight is 411 g/mol. The van der Waals surface area contributed by atoms with Crippen molar-refractivity contribution in [3.8, 4) is 0 Å². The molecule has 0 radical (unpaired) electrons. The van der Waals surface area contributed by atoms with Crippen LogP contribution in [0, 0.1) is 0 Å². The standard InChI is InChI=1S/C22H21NO5S/c1-22(10-11-29(26,27)14-22)23-19(24)13-28-21(25)20-17-8-4-2-6-15(17)12-16-7-3-5-9-18(16)20/h2-9,12H,10-11,13-14H2,1H3,(H,23,24)/t22-/m1/s1. The van der Waals surface area contributed by atoms with Gasteiger partial charge in [-0.3, -0.25) is 4.79 Å². The van der Waals surface area contributed by atoms with E-state index < -0.39 is 33.9 Å². The largest absolute Gasteiger partial charge is 0.452 e. The van der Waals surface area contributed by atoms with Gasteiger partial charge in [0.15, 0.2) is 16.4 Å². The number of esters is 1. The van der Waals surface area contributed by atoms with Crippen LogP contribution in [0.25, 0.3) is 21.5 Å². The molecule has 0 unspecified atom stereocenters. The van der Waals surface area contributed by atoms with Gasteiger partial charge in [0, 0.05) is 0 Å². The van der Waals surface area contributed by atoms with E-state index in [0.717, 1.165) is 21.5 Å². The average Bonchev–Trinajstić information content (AvgIpc) is 2.96. The first-order valence-electron chi connectivity index (χ1n) is 9.35. The van der Waals surface area contributed by atoms with Crippen LogP contribution in [-0.4, -0.2) is 43.9 Å². The predicted octanol–water partition coefficient (Wildman–Crippen LogP) is 2.84. The van der Waals surface area contributed by atoms with Gasteiger partial charge in [0.2, 0.25) is 0 Å². The molecule has 3 aromatic rings. The summed E-state index contributed by atoms with van der Waals surface area (Å²) in [7, 11) is -3.14. The number of hydrogen-bond acceptors (Lipinski definition) is 5. The third-order valence-electron chi connectivity index (χ3n) is 5.25. The Hall–Kier alpha value is -2.93. The molecule has 0 saturated carbocycles. The lowest BCUT2D eigenvalue weighted by molar-refractivity contribution is -0.125. The maximum atomic E-state index is 12.9. The number of carbonyl (C=O) groups is 2. The minimum Gasteiger partial charge on any atom is -0.452 e. The Kier molecular flexibility index (Phi) is 4.78. The van der Waals surface area contributed by atoms with Crippen LogP contribution in [0.4, 0.5) is 0 Å². The predicted molar refractivity (Wildman–Crippen MR) is 112 cm³/mol. The first-order valence-corrected chi connectivity index (χ1v) is 11.2. The van der Waals surface area contributed by atoms with Gasteiger partial charge in [-0.2, -0.15) is 0 Å². The molecule has 1 aliphatic rings. The van der Waals surface area contributed by atoms with Crippen molar-refractivity contribution < 1.29 is 22.7 Å². The fourth-order valence-electron chi connectivity index (χ4n) is 3.92. The zero-order valence-electron chi connectivity index (χ0n) is 16.0. The van der Waals surface area contributed by atoms with Crippen molar-refractivity contribution in [2.45, 2.75) is 18.9 Å². The molecule has 4 rings (SSSR count). The molecule has 0 aliphatic carbocycles. The molecule has 6 nitrogen and oxygen atoms in total. The van der Waals surface area contributed by atoms with Gasteiger partial charge in [0.1, 0.15) is 0 Å². The van der Waals surface area contributed by atoms with Gasteiger partial charge in [-0.1, -0.05) is 48.5 Å². The van der Waals surface area contributed by atoms with Crippen LogP contribution in [-0.2, 0) is 19.4 Å². The third kappa shape index (κ3) is 3.96. The molecule has 0 bridgehead atoms. The first kappa shape index (κ1) is 19.4. The second-order valence-electron chi connectivity index (χ2n) is 7.72. The summed E-state index contributed by atoms with van der Waals surface area (Å²) in [4.78, 5) is 25.2. The molecule has 1 heterocycles. The van der Waals surface area contributed by atoms with Gasteiger partial charge in [0.05, 0.1) is 22.6 Å². The molecule has 1 aliphatic heterocycles. The highest BCUT2D eigenvalue weighted by molar-refractivity contribution is 7.91. The quantitative estimate of drug-likeness (QED) is 0.527. The van der Waals surface area contributed by atoms with Crippen LogP contribution in [0.5, 0.6) is 0 Å². The molecule has 1 saturated heterocycles. The number of hydrogen-bond donors (Lipinski definition) is 1. The maximum absolute atomic E-state index is 12.9. The van der Waals surface area contributed by atoms with Crippen molar-refractivity contribution in [2.24, 2.45) is 0 Å². The Bertz CT molecular complexity index is 1180. The Balaban J connectivity index is 1.56. The first-order chi connectivity index (χ1) is 13.8. The van der Waals surface area contributed by atoms with Gasteiger partial charge in [0.25, 0.3) is 5.91 Å². The van der Waals surface area contributed by atoms with E-state index in [9.17, 15) is 18.0 Å². The van der Waals surface area contributed by atoms with Gasteiger partial charge in [-0.25, -0.2) is 13.2 Å². The van der Waals surface area contributed by atoms with Crippen molar-refractivity contribution in [3.63, 3.8) is 0 Å². The number of amides is 1. The molecular formula is C22H21NO5S. The molecule has 1 N–H and O–H groups in total. The van der Waals surface area contributed by atoms with E-state index >= 15 is 0 Å². The highest BCUT2D eigenvalue weighted by Crippen LogP contribution is 2.29. The normalized spacial score (nSPS) is 20.6. The second kappa shape index (κ2) is 7.15. The minimum absolute atomic E-state index is 0.0472. The summed E-state index contributed by atoms with van der Waals surface area (Å²) in [5, 5.41) is 6.02. The van der Waals surface area contributed by atoms with Crippen LogP contribution in [0.3, 0.4) is 0 Å². The lowest BCUT2D eigenvalue weighted by Gasteiger charge is -2.23. The van der Waals surface area contributed by atoms with E-state index in [1.165, 1.54) is 0 Å². The van der Waals surface area contributed by atoms with E-state index in [-0.39, 0.29) is 11.5 Å². The summed E-state index contributed by atoms with van der Waals surface area (Å²) >= 11 is 0. The SMILES string of the molecule is C[C@@]1(NC(=O)COC(=O)c2c3ccccc3cc3ccccc23)CCS(=O)(=O)C1. The molecular weight excluding hydrogens is 390 g/mol. The van der Waals surface area contributed by atoms with E-state index in [0.29, 0.717) is 12.0 Å². The summed E-state index contributed by atoms with van der Waals surface area (Å²) in [6.45, 7) is 1.22. The second-order valence-corrected chi connectivity index (χ2v) is 9.90. The molecule has 150 valence electrons. The Morgan fingerprint density at radius 1 is 1.03 bits per heavy atom. The minimum atomic E-state index is -3.14. The number of nitrogens with one attached hydrogen (secondary N) is 1. The molecule has 7 heteroatoms. The molecule has 0 spiro atoms. The summed E-state index contributed by atoms with van der Waals surface area (Å²) in [5.74, 6) is -1.15. The third-order valence-corrected chi connectivity index (χ3v) is 7.16. The fourth-order valence-corrected chi connectivity index (χ4v) is 6.01. The number of benzene rings is 3. The van der Waals surface area contributed by atoms with E-state index in [4.69, 9.17) is 4.74 Å². The molecule has 1 atom stereocenters. The number of carbonyl (C=O) groups excluding carboxylic acids is 2. The van der Waals surface area contributed by atoms with Gasteiger partial charge >= 0.3 is 5.97 Å². The lowest BCUT2D eigenvalue weighted by Crippen LogP contribution is -2.48. The number of sulfone groups is 1. The van der Waals surface area contributed by atoms with Gasteiger partial charge < -0.3 is 10.1 Å². The van der Waals surface area contributed by atoms with Gasteiger partial charge in [-0.15, -0.1) is 0 Å².